The molecule has 112 valence electrons. The molecule has 0 aromatic heterocycles. The average molecular weight is 338 g/mol. The number of anilines is 1. The van der Waals surface area contributed by atoms with Gasteiger partial charge in [-0.25, -0.2) is 17.6 Å². The fourth-order valence-corrected chi connectivity index (χ4v) is 2.60. The van der Waals surface area contributed by atoms with E-state index < -0.39 is 35.0 Å². The van der Waals surface area contributed by atoms with E-state index in [0.29, 0.717) is 6.07 Å². The molecule has 0 fully saturated rings. The Labute approximate surface area is 128 Å². The number of rotatable bonds is 3. The van der Waals surface area contributed by atoms with E-state index in [1.54, 1.807) is 0 Å². The van der Waals surface area contributed by atoms with Crippen LogP contribution in [0.2, 0.25) is 10.0 Å². The van der Waals surface area contributed by atoms with Crippen LogP contribution in [0.15, 0.2) is 24.3 Å². The summed E-state index contributed by atoms with van der Waals surface area (Å²) in [7, 11) is 0. The summed E-state index contributed by atoms with van der Waals surface area (Å²) in [6.07, 6.45) is 0. The molecule has 0 aliphatic rings. The molecular weight excluding hydrogens is 329 g/mol. The number of hydrogen-bond acceptors (Lipinski definition) is 1. The Bertz CT molecular complexity index is 691. The van der Waals surface area contributed by atoms with E-state index in [-0.39, 0.29) is 15.6 Å². The standard InChI is InChI=1S/C14H9Cl2F4N/c1-6(12-8(15)2-3-9(18)13(12)16)21-11-5-7(17)4-10(19)14(11)20/h2-6,21H,1H3. The van der Waals surface area contributed by atoms with Crippen LogP contribution in [0.4, 0.5) is 23.2 Å². The Morgan fingerprint density at radius 1 is 1.00 bits per heavy atom. The first-order chi connectivity index (χ1) is 9.81. The molecule has 7 heteroatoms. The molecule has 2 aromatic carbocycles. The molecular formula is C14H9Cl2F4N. The SMILES string of the molecule is CC(Nc1cc(F)cc(F)c1F)c1c(Cl)ccc(F)c1Cl. The maximum Gasteiger partial charge on any atom is 0.182 e. The molecule has 0 saturated carbocycles. The molecule has 0 radical (unpaired) electrons. The van der Waals surface area contributed by atoms with Gasteiger partial charge in [-0.2, -0.15) is 0 Å². The van der Waals surface area contributed by atoms with E-state index in [9.17, 15) is 17.6 Å². The van der Waals surface area contributed by atoms with Crippen molar-refractivity contribution >= 4 is 28.9 Å². The lowest BCUT2D eigenvalue weighted by Crippen LogP contribution is -2.11. The predicted octanol–water partition coefficient (Wildman–Crippen LogP) is 5.72. The van der Waals surface area contributed by atoms with Crippen LogP contribution in [0, 0.1) is 23.3 Å². The maximum absolute atomic E-state index is 13.6. The number of hydrogen-bond donors (Lipinski definition) is 1. The first kappa shape index (κ1) is 15.9. The van der Waals surface area contributed by atoms with E-state index in [4.69, 9.17) is 23.2 Å². The summed E-state index contributed by atoms with van der Waals surface area (Å²) in [5.41, 5.74) is -0.237. The summed E-state index contributed by atoms with van der Waals surface area (Å²) in [6.45, 7) is 1.51. The summed E-state index contributed by atoms with van der Waals surface area (Å²) in [6, 6.07) is 2.82. The molecule has 0 amide bonds. The lowest BCUT2D eigenvalue weighted by Gasteiger charge is -2.19. The minimum atomic E-state index is -1.33. The Balaban J connectivity index is 2.39. The third kappa shape index (κ3) is 3.24. The molecule has 0 saturated heterocycles. The van der Waals surface area contributed by atoms with E-state index in [0.717, 1.165) is 12.1 Å². The molecule has 0 heterocycles. The van der Waals surface area contributed by atoms with Crippen molar-refractivity contribution in [1.82, 2.24) is 0 Å². The topological polar surface area (TPSA) is 12.0 Å². The van der Waals surface area contributed by atoms with Crippen LogP contribution in [0.3, 0.4) is 0 Å². The quantitative estimate of drug-likeness (QED) is 0.557. The van der Waals surface area contributed by atoms with E-state index in [1.165, 1.54) is 13.0 Å². The fourth-order valence-electron chi connectivity index (χ4n) is 1.91. The smallest absolute Gasteiger partial charge is 0.182 e. The largest absolute Gasteiger partial charge is 0.376 e. The molecule has 0 aliphatic heterocycles. The van der Waals surface area contributed by atoms with Gasteiger partial charge in [0.25, 0.3) is 0 Å². The highest BCUT2D eigenvalue weighted by Gasteiger charge is 2.19. The van der Waals surface area contributed by atoms with Crippen molar-refractivity contribution in [1.29, 1.82) is 0 Å². The third-order valence-electron chi connectivity index (χ3n) is 2.88. The minimum absolute atomic E-state index is 0.152. The van der Waals surface area contributed by atoms with Crippen molar-refractivity contribution in [2.24, 2.45) is 0 Å². The molecule has 1 N–H and O–H groups in total. The molecule has 21 heavy (non-hydrogen) atoms. The highest BCUT2D eigenvalue weighted by atomic mass is 35.5. The van der Waals surface area contributed by atoms with E-state index >= 15 is 0 Å². The van der Waals surface area contributed by atoms with Crippen molar-refractivity contribution in [2.45, 2.75) is 13.0 Å². The zero-order valence-electron chi connectivity index (χ0n) is 10.7. The molecule has 0 aliphatic carbocycles. The van der Waals surface area contributed by atoms with Gasteiger partial charge in [-0.15, -0.1) is 0 Å². The van der Waals surface area contributed by atoms with Crippen molar-refractivity contribution in [3.05, 3.63) is 63.1 Å². The van der Waals surface area contributed by atoms with Crippen LogP contribution in [0.5, 0.6) is 0 Å². The Hall–Kier alpha value is -1.46. The maximum atomic E-state index is 13.6. The molecule has 0 spiro atoms. The summed E-state index contributed by atoms with van der Waals surface area (Å²) in [5, 5.41) is 2.44. The van der Waals surface area contributed by atoms with Crippen LogP contribution in [-0.4, -0.2) is 0 Å². The number of halogens is 6. The summed E-state index contributed by atoms with van der Waals surface area (Å²) >= 11 is 11.8. The van der Waals surface area contributed by atoms with Crippen molar-refractivity contribution in [2.75, 3.05) is 5.32 Å². The number of benzene rings is 2. The Kier molecular flexibility index (Phi) is 4.64. The molecule has 1 nitrogen and oxygen atoms in total. The van der Waals surface area contributed by atoms with Crippen LogP contribution >= 0.6 is 23.2 Å². The van der Waals surface area contributed by atoms with Crippen molar-refractivity contribution < 1.29 is 17.6 Å². The van der Waals surface area contributed by atoms with Crippen LogP contribution in [-0.2, 0) is 0 Å². The zero-order chi connectivity index (χ0) is 15.7. The van der Waals surface area contributed by atoms with Crippen molar-refractivity contribution in [3.63, 3.8) is 0 Å². The molecule has 2 aromatic rings. The van der Waals surface area contributed by atoms with E-state index in [2.05, 4.69) is 5.32 Å². The lowest BCUT2D eigenvalue weighted by atomic mass is 10.1. The normalized spacial score (nSPS) is 12.3. The summed E-state index contributed by atoms with van der Waals surface area (Å²) in [4.78, 5) is 0. The first-order valence-corrected chi connectivity index (χ1v) is 6.61. The fraction of sp³-hybridized carbons (Fsp3) is 0.143. The van der Waals surface area contributed by atoms with Gasteiger partial charge >= 0.3 is 0 Å². The highest BCUT2D eigenvalue weighted by Crippen LogP contribution is 2.34. The predicted molar refractivity (Wildman–Crippen MR) is 74.8 cm³/mol. The van der Waals surface area contributed by atoms with Gasteiger partial charge in [-0.05, 0) is 19.1 Å². The van der Waals surface area contributed by atoms with Gasteiger partial charge in [0.15, 0.2) is 11.6 Å². The molecule has 2 rings (SSSR count). The first-order valence-electron chi connectivity index (χ1n) is 5.85. The monoisotopic (exact) mass is 337 g/mol. The van der Waals surface area contributed by atoms with Gasteiger partial charge in [0.1, 0.15) is 11.6 Å². The molecule has 1 atom stereocenters. The highest BCUT2D eigenvalue weighted by molar-refractivity contribution is 6.36. The van der Waals surface area contributed by atoms with Gasteiger partial charge in [-0.1, -0.05) is 23.2 Å². The van der Waals surface area contributed by atoms with Gasteiger partial charge in [0.05, 0.1) is 16.8 Å². The van der Waals surface area contributed by atoms with Crippen LogP contribution in [0.1, 0.15) is 18.5 Å². The summed E-state index contributed by atoms with van der Waals surface area (Å²) < 4.78 is 53.3. The van der Waals surface area contributed by atoms with Gasteiger partial charge in [0, 0.05) is 22.7 Å². The second-order valence-corrected chi connectivity index (χ2v) is 5.16. The zero-order valence-corrected chi connectivity index (χ0v) is 12.2. The third-order valence-corrected chi connectivity index (χ3v) is 3.59. The summed E-state index contributed by atoms with van der Waals surface area (Å²) in [5.74, 6) is -4.22. The average Bonchev–Trinajstić information content (AvgIpc) is 2.40. The second-order valence-electron chi connectivity index (χ2n) is 4.37. The van der Waals surface area contributed by atoms with Crippen molar-refractivity contribution in [3.8, 4) is 0 Å². The van der Waals surface area contributed by atoms with Gasteiger partial charge in [-0.3, -0.25) is 0 Å². The van der Waals surface area contributed by atoms with Gasteiger partial charge < -0.3 is 5.32 Å². The molecule has 1 unspecified atom stereocenters. The Morgan fingerprint density at radius 2 is 1.67 bits per heavy atom. The minimum Gasteiger partial charge on any atom is -0.376 e. The molecule has 0 bridgehead atoms. The van der Waals surface area contributed by atoms with Crippen LogP contribution < -0.4 is 5.32 Å². The lowest BCUT2D eigenvalue weighted by molar-refractivity contribution is 0.496. The number of nitrogens with one attached hydrogen (secondary N) is 1. The van der Waals surface area contributed by atoms with Crippen LogP contribution in [0.25, 0.3) is 0 Å². The van der Waals surface area contributed by atoms with Gasteiger partial charge in [0.2, 0.25) is 0 Å². The Morgan fingerprint density at radius 3 is 2.33 bits per heavy atom. The second kappa shape index (κ2) is 6.12. The van der Waals surface area contributed by atoms with E-state index in [1.807, 2.05) is 0 Å².